The van der Waals surface area contributed by atoms with Gasteiger partial charge in [0.1, 0.15) is 0 Å². The maximum atomic E-state index is 13.0. The molecule has 0 bridgehead atoms. The van der Waals surface area contributed by atoms with Gasteiger partial charge >= 0.3 is 5.97 Å². The van der Waals surface area contributed by atoms with E-state index in [0.717, 1.165) is 35.1 Å². The van der Waals surface area contributed by atoms with Gasteiger partial charge in [-0.2, -0.15) is 0 Å². The number of hydrogen-bond donors (Lipinski definition) is 1. The second-order valence-corrected chi connectivity index (χ2v) is 7.49. The van der Waals surface area contributed by atoms with E-state index in [9.17, 15) is 9.59 Å². The summed E-state index contributed by atoms with van der Waals surface area (Å²) in [6, 6.07) is 14.3. The van der Waals surface area contributed by atoms with Crippen molar-refractivity contribution < 1.29 is 14.3 Å². The molecule has 29 heavy (non-hydrogen) atoms. The number of amides is 1. The third-order valence-corrected chi connectivity index (χ3v) is 5.12. The van der Waals surface area contributed by atoms with Crippen LogP contribution in [0.15, 0.2) is 48.5 Å². The lowest BCUT2D eigenvalue weighted by molar-refractivity contribution is -0.119. The molecule has 0 spiro atoms. The number of esters is 1. The highest BCUT2D eigenvalue weighted by atomic mass is 35.5. The smallest absolute Gasteiger partial charge is 0.339 e. The summed E-state index contributed by atoms with van der Waals surface area (Å²) in [5, 5.41) is 3.93. The van der Waals surface area contributed by atoms with Crippen LogP contribution in [-0.2, 0) is 22.5 Å². The summed E-state index contributed by atoms with van der Waals surface area (Å²) in [7, 11) is 2.01. The summed E-state index contributed by atoms with van der Waals surface area (Å²) < 4.78 is 5.37. The number of hydrogen-bond acceptors (Lipinski definition) is 5. The van der Waals surface area contributed by atoms with E-state index < -0.39 is 11.9 Å². The van der Waals surface area contributed by atoms with Crippen molar-refractivity contribution in [3.63, 3.8) is 0 Å². The number of rotatable bonds is 4. The van der Waals surface area contributed by atoms with E-state index in [4.69, 9.17) is 21.3 Å². The molecule has 4 rings (SSSR count). The average Bonchev–Trinajstić information content (AvgIpc) is 2.70. The van der Waals surface area contributed by atoms with Crippen molar-refractivity contribution in [3.05, 3.63) is 70.4 Å². The maximum absolute atomic E-state index is 13.0. The van der Waals surface area contributed by atoms with Gasteiger partial charge in [-0.1, -0.05) is 35.9 Å². The first-order valence-electron chi connectivity index (χ1n) is 9.33. The molecule has 1 aliphatic heterocycles. The van der Waals surface area contributed by atoms with Crippen molar-refractivity contribution in [2.75, 3.05) is 25.5 Å². The van der Waals surface area contributed by atoms with Crippen molar-refractivity contribution in [1.29, 1.82) is 0 Å². The maximum Gasteiger partial charge on any atom is 0.339 e. The van der Waals surface area contributed by atoms with Crippen LogP contribution in [0, 0.1) is 0 Å². The molecule has 1 aliphatic rings. The molecular weight excluding hydrogens is 390 g/mol. The zero-order chi connectivity index (χ0) is 20.4. The number of fused-ring (bicyclic) bond motifs is 2. The molecule has 1 aromatic heterocycles. The highest BCUT2D eigenvalue weighted by Crippen LogP contribution is 2.28. The van der Waals surface area contributed by atoms with E-state index in [2.05, 4.69) is 10.2 Å². The third kappa shape index (κ3) is 4.23. The van der Waals surface area contributed by atoms with Crippen molar-refractivity contribution in [2.45, 2.75) is 13.0 Å². The molecular formula is C22H20ClN3O3. The number of halogens is 1. The summed E-state index contributed by atoms with van der Waals surface area (Å²) in [4.78, 5) is 32.1. The molecule has 148 valence electrons. The molecule has 0 atom stereocenters. The lowest BCUT2D eigenvalue weighted by Gasteiger charge is -2.26. The van der Waals surface area contributed by atoms with Gasteiger partial charge in [0.25, 0.3) is 5.91 Å². The van der Waals surface area contributed by atoms with Gasteiger partial charge in [-0.05, 0) is 31.3 Å². The van der Waals surface area contributed by atoms with Crippen LogP contribution < -0.4 is 5.32 Å². The Morgan fingerprint density at radius 1 is 1.21 bits per heavy atom. The molecule has 7 heteroatoms. The Labute approximate surface area is 173 Å². The Hall–Kier alpha value is -2.96. The number of aromatic nitrogens is 1. The summed E-state index contributed by atoms with van der Waals surface area (Å²) in [5.41, 5.74) is 3.58. The van der Waals surface area contributed by atoms with Crippen LogP contribution in [0.2, 0.25) is 5.02 Å². The molecule has 0 aliphatic carbocycles. The number of likely N-dealkylation sites (N-methyl/N-ethyl adjacent to an activating group) is 1. The minimum absolute atomic E-state index is 0.382. The second kappa shape index (κ2) is 8.19. The van der Waals surface area contributed by atoms with Crippen LogP contribution in [0.4, 0.5) is 5.69 Å². The summed E-state index contributed by atoms with van der Waals surface area (Å²) in [5.74, 6) is -0.943. The van der Waals surface area contributed by atoms with E-state index in [-0.39, 0.29) is 6.61 Å². The number of nitrogens with one attached hydrogen (secondary N) is 1. The molecule has 6 nitrogen and oxygen atoms in total. The van der Waals surface area contributed by atoms with Gasteiger partial charge in [0.2, 0.25) is 0 Å². The Kier molecular flexibility index (Phi) is 5.47. The number of para-hydroxylation sites is 1. The second-order valence-electron chi connectivity index (χ2n) is 7.05. The van der Waals surface area contributed by atoms with E-state index in [1.165, 1.54) is 0 Å². The number of carbonyl (C=O) groups excluding carboxylic acids is 2. The number of nitrogens with zero attached hydrogens (tertiary/aromatic N) is 2. The van der Waals surface area contributed by atoms with Crippen LogP contribution in [0.5, 0.6) is 0 Å². The van der Waals surface area contributed by atoms with Crippen LogP contribution in [-0.4, -0.2) is 42.0 Å². The fourth-order valence-corrected chi connectivity index (χ4v) is 3.72. The summed E-state index contributed by atoms with van der Waals surface area (Å²) in [6.07, 6.45) is 0.770. The molecule has 0 fully saturated rings. The van der Waals surface area contributed by atoms with Gasteiger partial charge in [-0.3, -0.25) is 9.78 Å². The first-order valence-corrected chi connectivity index (χ1v) is 9.70. The highest BCUT2D eigenvalue weighted by molar-refractivity contribution is 6.30. The lowest BCUT2D eigenvalue weighted by Crippen LogP contribution is -2.30. The van der Waals surface area contributed by atoms with Crippen LogP contribution in [0.1, 0.15) is 21.6 Å². The Bertz CT molecular complexity index is 1100. The van der Waals surface area contributed by atoms with Crippen LogP contribution in [0.3, 0.4) is 0 Å². The molecule has 1 N–H and O–H groups in total. The summed E-state index contributed by atoms with van der Waals surface area (Å²) >= 11 is 5.92. The lowest BCUT2D eigenvalue weighted by atomic mass is 9.96. The van der Waals surface area contributed by atoms with E-state index in [1.54, 1.807) is 24.3 Å². The van der Waals surface area contributed by atoms with Crippen LogP contribution >= 0.6 is 11.6 Å². The highest BCUT2D eigenvalue weighted by Gasteiger charge is 2.25. The van der Waals surface area contributed by atoms with Gasteiger partial charge in [0.05, 0.1) is 11.1 Å². The molecule has 1 amide bonds. The zero-order valence-corrected chi connectivity index (χ0v) is 16.7. The molecule has 2 heterocycles. The largest absolute Gasteiger partial charge is 0.452 e. The monoisotopic (exact) mass is 409 g/mol. The van der Waals surface area contributed by atoms with Crippen molar-refractivity contribution in [2.24, 2.45) is 0 Å². The zero-order valence-electron chi connectivity index (χ0n) is 15.9. The normalized spacial score (nSPS) is 13.7. The van der Waals surface area contributed by atoms with Gasteiger partial charge < -0.3 is 15.0 Å². The van der Waals surface area contributed by atoms with Crippen LogP contribution in [0.25, 0.3) is 10.9 Å². The SMILES string of the molecule is CN1CCc2nc3ccccc3c(C(=O)OCC(=O)Nc3cccc(Cl)c3)c2C1. The number of carbonyl (C=O) groups is 2. The van der Waals surface area contributed by atoms with E-state index in [1.807, 2.05) is 31.3 Å². The predicted molar refractivity (Wildman–Crippen MR) is 112 cm³/mol. The fourth-order valence-electron chi connectivity index (χ4n) is 3.52. The van der Waals surface area contributed by atoms with Gasteiger partial charge in [0, 0.05) is 46.9 Å². The van der Waals surface area contributed by atoms with Gasteiger partial charge in [-0.15, -0.1) is 0 Å². The summed E-state index contributed by atoms with van der Waals surface area (Å²) in [6.45, 7) is 1.12. The van der Waals surface area contributed by atoms with Crippen molar-refractivity contribution in [3.8, 4) is 0 Å². The van der Waals surface area contributed by atoms with E-state index in [0.29, 0.717) is 22.8 Å². The molecule has 0 saturated carbocycles. The van der Waals surface area contributed by atoms with Crippen molar-refractivity contribution >= 4 is 40.1 Å². The number of anilines is 1. The number of benzene rings is 2. The quantitative estimate of drug-likeness (QED) is 0.665. The van der Waals surface area contributed by atoms with Gasteiger partial charge in [-0.25, -0.2) is 4.79 Å². The number of pyridine rings is 1. The Morgan fingerprint density at radius 2 is 2.03 bits per heavy atom. The number of ether oxygens (including phenoxy) is 1. The minimum atomic E-state index is -0.517. The fraction of sp³-hybridized carbons (Fsp3) is 0.227. The molecule has 3 aromatic rings. The molecule has 0 radical (unpaired) electrons. The molecule has 0 saturated heterocycles. The topological polar surface area (TPSA) is 71.5 Å². The van der Waals surface area contributed by atoms with Gasteiger partial charge in [0.15, 0.2) is 6.61 Å². The molecule has 2 aromatic carbocycles. The Morgan fingerprint density at radius 3 is 2.86 bits per heavy atom. The van der Waals surface area contributed by atoms with E-state index >= 15 is 0 Å². The predicted octanol–water partition coefficient (Wildman–Crippen LogP) is 3.67. The minimum Gasteiger partial charge on any atom is -0.452 e. The molecule has 0 unspecified atom stereocenters. The first-order chi connectivity index (χ1) is 14.0. The first kappa shape index (κ1) is 19.4. The Balaban J connectivity index is 1.56. The average molecular weight is 410 g/mol. The van der Waals surface area contributed by atoms with Crippen molar-refractivity contribution in [1.82, 2.24) is 9.88 Å². The third-order valence-electron chi connectivity index (χ3n) is 4.88. The standard InChI is InChI=1S/C22H20ClN3O3/c1-26-10-9-19-17(12-26)21(16-7-2-3-8-18(16)25-19)22(28)29-13-20(27)24-15-6-4-5-14(23)11-15/h2-8,11H,9-10,12-13H2,1H3,(H,24,27).